The van der Waals surface area contributed by atoms with Gasteiger partial charge in [-0.2, -0.15) is 4.98 Å². The molecule has 0 radical (unpaired) electrons. The zero-order valence-electron chi connectivity index (χ0n) is 15.7. The lowest BCUT2D eigenvalue weighted by molar-refractivity contribution is -0.142. The number of aliphatic carboxylic acids is 1. The van der Waals surface area contributed by atoms with Crippen LogP contribution in [0.4, 0.5) is 0 Å². The third kappa shape index (κ3) is 3.82. The molecule has 1 aliphatic rings. The Hall–Kier alpha value is -3.69. The molecule has 29 heavy (non-hydrogen) atoms. The van der Waals surface area contributed by atoms with E-state index < -0.39 is 12.0 Å². The molecule has 2 N–H and O–H groups in total. The number of carbonyl (C=O) groups is 2. The number of nitrogens with one attached hydrogen (secondary N) is 1. The van der Waals surface area contributed by atoms with E-state index in [1.165, 1.54) is 0 Å². The van der Waals surface area contributed by atoms with Crippen LogP contribution in [0.25, 0.3) is 11.4 Å². The van der Waals surface area contributed by atoms with Gasteiger partial charge in [0.1, 0.15) is 11.8 Å². The normalized spacial score (nSPS) is 15.8. The van der Waals surface area contributed by atoms with Crippen molar-refractivity contribution in [3.05, 3.63) is 47.9 Å². The van der Waals surface area contributed by atoms with Crippen molar-refractivity contribution in [2.45, 2.75) is 31.8 Å². The summed E-state index contributed by atoms with van der Waals surface area (Å²) in [4.78, 5) is 36.9. The van der Waals surface area contributed by atoms with Crippen LogP contribution >= 0.6 is 0 Å². The molecule has 1 amide bonds. The number of benzene rings is 1. The fourth-order valence-corrected chi connectivity index (χ4v) is 3.30. The number of hydrogen-bond acceptors (Lipinski definition) is 7. The van der Waals surface area contributed by atoms with Crippen LogP contribution in [0.3, 0.4) is 0 Å². The van der Waals surface area contributed by atoms with E-state index >= 15 is 0 Å². The number of rotatable bonds is 6. The van der Waals surface area contributed by atoms with E-state index in [9.17, 15) is 9.59 Å². The summed E-state index contributed by atoms with van der Waals surface area (Å²) >= 11 is 0. The molecule has 0 saturated heterocycles. The van der Waals surface area contributed by atoms with Crippen LogP contribution in [0.5, 0.6) is 5.75 Å². The molecule has 3 aromatic rings. The zero-order valence-corrected chi connectivity index (χ0v) is 15.7. The number of ether oxygens (including phenoxy) is 1. The van der Waals surface area contributed by atoms with E-state index in [1.54, 1.807) is 30.5 Å². The van der Waals surface area contributed by atoms with Crippen molar-refractivity contribution in [3.8, 4) is 17.1 Å². The Morgan fingerprint density at radius 1 is 1.31 bits per heavy atom. The molecule has 0 spiro atoms. The second kappa shape index (κ2) is 7.74. The summed E-state index contributed by atoms with van der Waals surface area (Å²) in [5.74, 6) is 0.0862. The monoisotopic (exact) mass is 397 g/mol. The minimum atomic E-state index is -1.02. The number of carbonyl (C=O) groups excluding carboxylic acids is 1. The predicted octanol–water partition coefficient (Wildman–Crippen LogP) is 1.96. The summed E-state index contributed by atoms with van der Waals surface area (Å²) in [6, 6.07) is 6.71. The number of nitrogens with zero attached hydrogens (tertiary/aromatic N) is 4. The number of imidazole rings is 1. The van der Waals surface area contributed by atoms with Crippen molar-refractivity contribution >= 4 is 11.9 Å². The molecule has 1 atom stereocenters. The van der Waals surface area contributed by atoms with Gasteiger partial charge in [-0.1, -0.05) is 5.16 Å². The average Bonchev–Trinajstić information content (AvgIpc) is 3.40. The maximum absolute atomic E-state index is 12.7. The first kappa shape index (κ1) is 18.7. The Kier molecular flexibility index (Phi) is 4.98. The molecule has 3 heterocycles. The first-order valence-corrected chi connectivity index (χ1v) is 9.05. The van der Waals surface area contributed by atoms with Crippen LogP contribution in [-0.4, -0.2) is 49.1 Å². The van der Waals surface area contributed by atoms with Crippen LogP contribution in [0.1, 0.15) is 36.2 Å². The topological polar surface area (TPSA) is 134 Å². The Morgan fingerprint density at radius 2 is 2.10 bits per heavy atom. The van der Waals surface area contributed by atoms with Crippen molar-refractivity contribution in [3.63, 3.8) is 0 Å². The fraction of sp³-hybridized carbons (Fsp3) is 0.316. The van der Waals surface area contributed by atoms with Gasteiger partial charge >= 0.3 is 5.97 Å². The number of methoxy groups -OCH3 is 1. The fourth-order valence-electron chi connectivity index (χ4n) is 3.30. The van der Waals surface area contributed by atoms with E-state index in [2.05, 4.69) is 20.1 Å². The Balaban J connectivity index is 1.61. The first-order valence-electron chi connectivity index (χ1n) is 9.05. The lowest BCUT2D eigenvalue weighted by atomic mass is 10.0. The molecular weight excluding hydrogens is 378 g/mol. The minimum absolute atomic E-state index is 0.102. The van der Waals surface area contributed by atoms with Crippen LogP contribution in [0, 0.1) is 0 Å². The van der Waals surface area contributed by atoms with Crippen LogP contribution in [0.2, 0.25) is 0 Å². The number of amides is 1. The van der Waals surface area contributed by atoms with Crippen LogP contribution in [0.15, 0.2) is 35.1 Å². The summed E-state index contributed by atoms with van der Waals surface area (Å²) in [7, 11) is 1.59. The van der Waals surface area contributed by atoms with Crippen molar-refractivity contribution < 1.29 is 24.0 Å². The molecule has 150 valence electrons. The number of H-pyrrole nitrogens is 1. The summed E-state index contributed by atoms with van der Waals surface area (Å²) in [6.07, 6.45) is 1.64. The molecular formula is C19H19N5O5. The molecule has 0 saturated carbocycles. The largest absolute Gasteiger partial charge is 0.497 e. The summed E-state index contributed by atoms with van der Waals surface area (Å²) in [5.41, 5.74) is 2.39. The van der Waals surface area contributed by atoms with E-state index in [1.807, 2.05) is 12.1 Å². The van der Waals surface area contributed by atoms with Gasteiger partial charge < -0.3 is 24.3 Å². The summed E-state index contributed by atoms with van der Waals surface area (Å²) in [5, 5.41) is 12.9. The van der Waals surface area contributed by atoms with E-state index in [0.717, 1.165) is 17.0 Å². The van der Waals surface area contributed by atoms with Gasteiger partial charge in [0.25, 0.3) is 0 Å². The van der Waals surface area contributed by atoms with Gasteiger partial charge in [-0.3, -0.25) is 9.59 Å². The summed E-state index contributed by atoms with van der Waals surface area (Å²) in [6.45, 7) is 0.276. The van der Waals surface area contributed by atoms with Crippen molar-refractivity contribution in [1.82, 2.24) is 25.0 Å². The van der Waals surface area contributed by atoms with Crippen molar-refractivity contribution in [2.24, 2.45) is 0 Å². The lowest BCUT2D eigenvalue weighted by Crippen LogP contribution is -2.39. The number of carboxylic acid groups (broad SMARTS) is 1. The predicted molar refractivity (Wildman–Crippen MR) is 98.7 cm³/mol. The smallest absolute Gasteiger partial charge is 0.303 e. The quantitative estimate of drug-likeness (QED) is 0.644. The highest BCUT2D eigenvalue weighted by Gasteiger charge is 2.36. The van der Waals surface area contributed by atoms with E-state index in [0.29, 0.717) is 18.0 Å². The molecule has 10 nitrogen and oxygen atoms in total. The zero-order chi connectivity index (χ0) is 20.4. The van der Waals surface area contributed by atoms with Gasteiger partial charge in [0.15, 0.2) is 0 Å². The van der Waals surface area contributed by atoms with Gasteiger partial charge in [-0.05, 0) is 24.3 Å². The number of aromatic nitrogens is 4. The SMILES string of the molecule is COc1ccc(-c2noc(C3Cc4nc[nH]c4CN3C(=O)CCC(=O)O)n2)cc1. The van der Waals surface area contributed by atoms with Gasteiger partial charge in [-0.25, -0.2) is 4.98 Å². The average molecular weight is 397 g/mol. The highest BCUT2D eigenvalue weighted by atomic mass is 16.5. The Labute approximate surface area is 165 Å². The van der Waals surface area contributed by atoms with Crippen molar-refractivity contribution in [1.29, 1.82) is 0 Å². The molecule has 0 bridgehead atoms. The highest BCUT2D eigenvalue weighted by Crippen LogP contribution is 2.33. The minimum Gasteiger partial charge on any atom is -0.497 e. The van der Waals surface area contributed by atoms with Gasteiger partial charge in [0.2, 0.25) is 17.6 Å². The molecule has 0 aliphatic carbocycles. The van der Waals surface area contributed by atoms with E-state index in [-0.39, 0.29) is 31.2 Å². The number of aromatic amines is 1. The molecule has 4 rings (SSSR count). The van der Waals surface area contributed by atoms with Gasteiger partial charge in [0.05, 0.1) is 37.8 Å². The van der Waals surface area contributed by atoms with Crippen LogP contribution in [-0.2, 0) is 22.6 Å². The van der Waals surface area contributed by atoms with Crippen LogP contribution < -0.4 is 4.74 Å². The van der Waals surface area contributed by atoms with Crippen molar-refractivity contribution in [2.75, 3.05) is 7.11 Å². The Morgan fingerprint density at radius 3 is 2.83 bits per heavy atom. The standard InChI is InChI=1S/C19H19N5O5/c1-28-12-4-2-11(3-5-12)18-22-19(29-23-18)15-8-13-14(21-10-20-13)9-24(15)16(25)6-7-17(26)27/h2-5,10,15H,6-9H2,1H3,(H,20,21)(H,26,27). The Bertz CT molecular complexity index is 1030. The third-order valence-corrected chi connectivity index (χ3v) is 4.85. The van der Waals surface area contributed by atoms with Gasteiger partial charge in [-0.15, -0.1) is 0 Å². The number of fused-ring (bicyclic) bond motifs is 1. The second-order valence-corrected chi connectivity index (χ2v) is 6.65. The molecule has 1 aromatic carbocycles. The molecule has 1 aliphatic heterocycles. The summed E-state index contributed by atoms with van der Waals surface area (Å²) < 4.78 is 10.6. The first-order chi connectivity index (χ1) is 14.0. The van der Waals surface area contributed by atoms with Gasteiger partial charge in [0, 0.05) is 18.4 Å². The van der Waals surface area contributed by atoms with E-state index in [4.69, 9.17) is 14.4 Å². The number of hydrogen-bond donors (Lipinski definition) is 2. The second-order valence-electron chi connectivity index (χ2n) is 6.65. The molecule has 2 aromatic heterocycles. The maximum atomic E-state index is 12.7. The maximum Gasteiger partial charge on any atom is 0.303 e. The molecule has 0 fully saturated rings. The third-order valence-electron chi connectivity index (χ3n) is 4.85. The number of carboxylic acids is 1. The lowest BCUT2D eigenvalue weighted by Gasteiger charge is -2.32. The molecule has 10 heteroatoms. The highest BCUT2D eigenvalue weighted by molar-refractivity contribution is 5.81. The molecule has 1 unspecified atom stereocenters.